The molecule has 0 bridgehead atoms. The Labute approximate surface area is 68.2 Å². The van der Waals surface area contributed by atoms with Crippen LogP contribution in [-0.4, -0.2) is 17.8 Å². The van der Waals surface area contributed by atoms with Crippen molar-refractivity contribution in [1.29, 1.82) is 0 Å². The molecule has 1 aliphatic carbocycles. The van der Waals surface area contributed by atoms with E-state index in [9.17, 15) is 5.11 Å². The molecule has 0 radical (unpaired) electrons. The van der Waals surface area contributed by atoms with E-state index in [2.05, 4.69) is 13.8 Å². The van der Waals surface area contributed by atoms with Gasteiger partial charge in [-0.05, 0) is 24.3 Å². The summed E-state index contributed by atoms with van der Waals surface area (Å²) in [6.45, 7) is 4.85. The van der Waals surface area contributed by atoms with E-state index in [0.717, 1.165) is 6.42 Å². The molecular weight excluding hydrogens is 150 g/mol. The lowest BCUT2D eigenvalue weighted by atomic mass is 9.60. The Morgan fingerprint density at radius 1 is 1.60 bits per heavy atom. The maximum absolute atomic E-state index is 9.22. The Balaban J connectivity index is 0.000000810. The highest BCUT2D eigenvalue weighted by Gasteiger charge is 2.45. The fourth-order valence-corrected chi connectivity index (χ4v) is 1.39. The molecule has 2 nitrogen and oxygen atoms in total. The van der Waals surface area contributed by atoms with Crippen molar-refractivity contribution in [2.75, 3.05) is 6.54 Å². The number of rotatable bonds is 1. The molecule has 10 heavy (non-hydrogen) atoms. The third-order valence-electron chi connectivity index (χ3n) is 2.70. The molecule has 1 fully saturated rings. The van der Waals surface area contributed by atoms with Crippen LogP contribution >= 0.6 is 12.4 Å². The normalized spacial score (nSPS) is 36.0. The minimum Gasteiger partial charge on any atom is -0.393 e. The Bertz CT molecular complexity index is 116. The highest BCUT2D eigenvalue weighted by atomic mass is 35.5. The molecule has 2 atom stereocenters. The molecule has 0 amide bonds. The fourth-order valence-electron chi connectivity index (χ4n) is 1.39. The van der Waals surface area contributed by atoms with Crippen molar-refractivity contribution in [2.24, 2.45) is 17.1 Å². The molecule has 0 aromatic rings. The summed E-state index contributed by atoms with van der Waals surface area (Å²) in [5.41, 5.74) is 5.54. The zero-order valence-corrected chi connectivity index (χ0v) is 7.32. The summed E-state index contributed by atoms with van der Waals surface area (Å²) in [6, 6.07) is 0. The molecule has 2 unspecified atom stereocenters. The van der Waals surface area contributed by atoms with Crippen LogP contribution in [0.4, 0.5) is 0 Å². The molecule has 62 valence electrons. The average Bonchev–Trinajstić information content (AvgIpc) is 1.82. The molecule has 0 heterocycles. The van der Waals surface area contributed by atoms with Gasteiger partial charge in [0, 0.05) is 0 Å². The molecule has 1 rings (SSSR count). The van der Waals surface area contributed by atoms with Crippen LogP contribution in [0.1, 0.15) is 20.3 Å². The van der Waals surface area contributed by atoms with E-state index in [1.807, 2.05) is 0 Å². The van der Waals surface area contributed by atoms with Crippen molar-refractivity contribution in [1.82, 2.24) is 0 Å². The first-order valence-electron chi connectivity index (χ1n) is 3.47. The number of nitrogens with two attached hydrogens (primary N) is 1. The average molecular weight is 166 g/mol. The van der Waals surface area contributed by atoms with Gasteiger partial charge in [0.05, 0.1) is 6.10 Å². The molecule has 0 aliphatic heterocycles. The van der Waals surface area contributed by atoms with Gasteiger partial charge in [-0.25, -0.2) is 0 Å². The molecule has 0 aromatic carbocycles. The smallest absolute Gasteiger partial charge is 0.0597 e. The molecule has 0 aromatic heterocycles. The highest BCUT2D eigenvalue weighted by Crippen LogP contribution is 2.45. The monoisotopic (exact) mass is 165 g/mol. The number of aliphatic hydroxyl groups excluding tert-OH is 1. The van der Waals surface area contributed by atoms with Crippen LogP contribution in [0.5, 0.6) is 0 Å². The zero-order chi connectivity index (χ0) is 7.07. The lowest BCUT2D eigenvalue weighted by Gasteiger charge is -2.48. The largest absolute Gasteiger partial charge is 0.393 e. The van der Waals surface area contributed by atoms with Gasteiger partial charge in [-0.1, -0.05) is 13.8 Å². The molecule has 0 saturated heterocycles. The van der Waals surface area contributed by atoms with Gasteiger partial charge in [-0.15, -0.1) is 12.4 Å². The van der Waals surface area contributed by atoms with Crippen LogP contribution in [0.3, 0.4) is 0 Å². The third-order valence-corrected chi connectivity index (χ3v) is 2.70. The Hall–Kier alpha value is 0.210. The predicted octanol–water partition coefficient (Wildman–Crippen LogP) is 0.774. The Morgan fingerprint density at radius 3 is 2.20 bits per heavy atom. The van der Waals surface area contributed by atoms with E-state index < -0.39 is 0 Å². The maximum Gasteiger partial charge on any atom is 0.0597 e. The summed E-state index contributed by atoms with van der Waals surface area (Å²) in [7, 11) is 0. The topological polar surface area (TPSA) is 46.2 Å². The van der Waals surface area contributed by atoms with Gasteiger partial charge < -0.3 is 10.8 Å². The number of hydrogen-bond donors (Lipinski definition) is 2. The molecular formula is C7H16ClNO. The van der Waals surface area contributed by atoms with Crippen LogP contribution < -0.4 is 5.73 Å². The minimum atomic E-state index is -0.119. The van der Waals surface area contributed by atoms with Crippen molar-refractivity contribution < 1.29 is 5.11 Å². The van der Waals surface area contributed by atoms with Gasteiger partial charge in [0.15, 0.2) is 0 Å². The highest BCUT2D eigenvalue weighted by molar-refractivity contribution is 5.85. The first kappa shape index (κ1) is 10.2. The molecule has 1 saturated carbocycles. The van der Waals surface area contributed by atoms with Crippen molar-refractivity contribution in [3.05, 3.63) is 0 Å². The lowest BCUT2D eigenvalue weighted by molar-refractivity contribution is -0.0935. The summed E-state index contributed by atoms with van der Waals surface area (Å²) in [4.78, 5) is 0. The molecule has 3 N–H and O–H groups in total. The summed E-state index contributed by atoms with van der Waals surface area (Å²) in [5.74, 6) is 0.535. The van der Waals surface area contributed by atoms with E-state index in [4.69, 9.17) is 5.73 Å². The van der Waals surface area contributed by atoms with E-state index in [-0.39, 0.29) is 23.9 Å². The zero-order valence-electron chi connectivity index (χ0n) is 6.50. The van der Waals surface area contributed by atoms with Crippen LogP contribution in [0.2, 0.25) is 0 Å². The van der Waals surface area contributed by atoms with Crippen molar-refractivity contribution >= 4 is 12.4 Å². The quantitative estimate of drug-likeness (QED) is 0.603. The van der Waals surface area contributed by atoms with E-state index in [1.54, 1.807) is 0 Å². The first-order valence-corrected chi connectivity index (χ1v) is 3.47. The Kier molecular flexibility index (Phi) is 3.14. The van der Waals surface area contributed by atoms with Crippen molar-refractivity contribution in [3.63, 3.8) is 0 Å². The van der Waals surface area contributed by atoms with Crippen molar-refractivity contribution in [2.45, 2.75) is 26.4 Å². The third kappa shape index (κ3) is 1.29. The van der Waals surface area contributed by atoms with Gasteiger partial charge in [0.25, 0.3) is 0 Å². The van der Waals surface area contributed by atoms with Crippen LogP contribution in [0, 0.1) is 11.3 Å². The predicted molar refractivity (Wildman–Crippen MR) is 44.2 cm³/mol. The standard InChI is InChI=1S/C7H15NO.ClH/c1-7(2)5(4-8)3-6(7)9;/h5-6,9H,3-4,8H2,1-2H3;1H. The fraction of sp³-hybridized carbons (Fsp3) is 1.00. The number of aliphatic hydroxyl groups is 1. The van der Waals surface area contributed by atoms with Gasteiger partial charge in [0.1, 0.15) is 0 Å². The summed E-state index contributed by atoms with van der Waals surface area (Å²) in [5, 5.41) is 9.22. The second kappa shape index (κ2) is 3.07. The second-order valence-electron chi connectivity index (χ2n) is 3.51. The lowest BCUT2D eigenvalue weighted by Crippen LogP contribution is -2.51. The van der Waals surface area contributed by atoms with Crippen molar-refractivity contribution in [3.8, 4) is 0 Å². The van der Waals surface area contributed by atoms with Gasteiger partial charge in [0.2, 0.25) is 0 Å². The molecule has 3 heteroatoms. The summed E-state index contributed by atoms with van der Waals surface area (Å²) >= 11 is 0. The van der Waals surface area contributed by atoms with Gasteiger partial charge >= 0.3 is 0 Å². The minimum absolute atomic E-state index is 0. The van der Waals surface area contributed by atoms with E-state index in [0.29, 0.717) is 12.5 Å². The summed E-state index contributed by atoms with van der Waals surface area (Å²) < 4.78 is 0. The van der Waals surface area contributed by atoms with E-state index in [1.165, 1.54) is 0 Å². The first-order chi connectivity index (χ1) is 4.09. The van der Waals surface area contributed by atoms with Gasteiger partial charge in [-0.2, -0.15) is 0 Å². The maximum atomic E-state index is 9.22. The van der Waals surface area contributed by atoms with Crippen LogP contribution in [0.15, 0.2) is 0 Å². The van der Waals surface area contributed by atoms with Gasteiger partial charge in [-0.3, -0.25) is 0 Å². The Morgan fingerprint density at radius 2 is 2.10 bits per heavy atom. The molecule has 0 spiro atoms. The van der Waals surface area contributed by atoms with Crippen LogP contribution in [-0.2, 0) is 0 Å². The number of halogens is 1. The number of hydrogen-bond acceptors (Lipinski definition) is 2. The van der Waals surface area contributed by atoms with Crippen LogP contribution in [0.25, 0.3) is 0 Å². The molecule has 1 aliphatic rings. The second-order valence-corrected chi connectivity index (χ2v) is 3.51. The summed E-state index contributed by atoms with van der Waals surface area (Å²) in [6.07, 6.45) is 0.773. The van der Waals surface area contributed by atoms with E-state index >= 15 is 0 Å². The SMILES string of the molecule is CC1(C)C(O)CC1CN.Cl.